The third-order valence-corrected chi connectivity index (χ3v) is 8.76. The Hall–Kier alpha value is -1.42. The van der Waals surface area contributed by atoms with Gasteiger partial charge in [-0.25, -0.2) is 8.42 Å². The van der Waals surface area contributed by atoms with Crippen LogP contribution in [0, 0.1) is 0 Å². The SMILES string of the molecule is C[C@H]1CN(C(=O)c2cccc(S(=O)(=O)N3CCOCC3)c2)C(=NC2CCCCC2)S1. The van der Waals surface area contributed by atoms with Crippen LogP contribution < -0.4 is 0 Å². The zero-order chi connectivity index (χ0) is 21.1. The van der Waals surface area contributed by atoms with Crippen molar-refractivity contribution in [1.82, 2.24) is 9.21 Å². The van der Waals surface area contributed by atoms with E-state index in [9.17, 15) is 13.2 Å². The Morgan fingerprint density at radius 2 is 1.90 bits per heavy atom. The van der Waals surface area contributed by atoms with Crippen LogP contribution >= 0.6 is 11.8 Å². The molecule has 0 aromatic heterocycles. The summed E-state index contributed by atoms with van der Waals surface area (Å²) >= 11 is 1.64. The fourth-order valence-electron chi connectivity index (χ4n) is 4.13. The summed E-state index contributed by atoms with van der Waals surface area (Å²) < 4.78 is 32.6. The van der Waals surface area contributed by atoms with E-state index in [1.165, 1.54) is 29.6 Å². The third kappa shape index (κ3) is 4.74. The summed E-state index contributed by atoms with van der Waals surface area (Å²) in [7, 11) is -3.64. The number of carbonyl (C=O) groups is 1. The predicted octanol–water partition coefficient (Wildman–Crippen LogP) is 2.97. The molecule has 30 heavy (non-hydrogen) atoms. The number of thioether (sulfide) groups is 1. The molecule has 2 heterocycles. The van der Waals surface area contributed by atoms with Crippen LogP contribution in [0.25, 0.3) is 0 Å². The van der Waals surface area contributed by atoms with E-state index in [0.717, 1.165) is 18.0 Å². The van der Waals surface area contributed by atoms with Gasteiger partial charge in [-0.2, -0.15) is 4.31 Å². The van der Waals surface area contributed by atoms with Gasteiger partial charge in [-0.15, -0.1) is 0 Å². The fourth-order valence-corrected chi connectivity index (χ4v) is 6.67. The maximum absolute atomic E-state index is 13.3. The van der Waals surface area contributed by atoms with Gasteiger partial charge in [0, 0.05) is 30.4 Å². The Bertz CT molecular complexity index is 907. The molecule has 0 unspecified atom stereocenters. The molecule has 1 atom stereocenters. The van der Waals surface area contributed by atoms with Crippen LogP contribution in [0.2, 0.25) is 0 Å². The highest BCUT2D eigenvalue weighted by molar-refractivity contribution is 8.14. The Balaban J connectivity index is 1.56. The summed E-state index contributed by atoms with van der Waals surface area (Å²) in [4.78, 5) is 20.1. The number of hydrogen-bond acceptors (Lipinski definition) is 6. The molecule has 3 aliphatic rings. The first-order valence-electron chi connectivity index (χ1n) is 10.7. The van der Waals surface area contributed by atoms with E-state index in [0.29, 0.717) is 38.4 Å². The second-order valence-corrected chi connectivity index (χ2v) is 11.4. The second kappa shape index (κ2) is 9.38. The number of carbonyl (C=O) groups excluding carboxylic acids is 1. The van der Waals surface area contributed by atoms with Gasteiger partial charge in [-0.1, -0.05) is 44.0 Å². The maximum Gasteiger partial charge on any atom is 0.259 e. The first kappa shape index (κ1) is 21.8. The second-order valence-electron chi connectivity index (χ2n) is 8.09. The molecule has 1 aromatic carbocycles. The Morgan fingerprint density at radius 1 is 1.17 bits per heavy atom. The highest BCUT2D eigenvalue weighted by Crippen LogP contribution is 2.30. The summed E-state index contributed by atoms with van der Waals surface area (Å²) in [5, 5.41) is 1.05. The van der Waals surface area contributed by atoms with Crippen LogP contribution in [0.1, 0.15) is 49.4 Å². The van der Waals surface area contributed by atoms with E-state index in [4.69, 9.17) is 9.73 Å². The van der Waals surface area contributed by atoms with E-state index in [-0.39, 0.29) is 22.1 Å². The molecule has 7 nitrogen and oxygen atoms in total. The van der Waals surface area contributed by atoms with E-state index < -0.39 is 10.0 Å². The van der Waals surface area contributed by atoms with Crippen molar-refractivity contribution in [3.05, 3.63) is 29.8 Å². The molecule has 2 saturated heterocycles. The third-order valence-electron chi connectivity index (χ3n) is 5.78. The van der Waals surface area contributed by atoms with Crippen LogP contribution in [0.15, 0.2) is 34.2 Å². The van der Waals surface area contributed by atoms with Gasteiger partial charge in [0.25, 0.3) is 5.91 Å². The number of hydrogen-bond donors (Lipinski definition) is 0. The lowest BCUT2D eigenvalue weighted by atomic mass is 9.96. The Labute approximate surface area is 182 Å². The van der Waals surface area contributed by atoms with Crippen LogP contribution in [-0.4, -0.2) is 72.8 Å². The summed E-state index contributed by atoms with van der Waals surface area (Å²) in [5.41, 5.74) is 0.385. The number of ether oxygens (including phenoxy) is 1. The first-order valence-corrected chi connectivity index (χ1v) is 13.0. The van der Waals surface area contributed by atoms with Crippen molar-refractivity contribution < 1.29 is 17.9 Å². The topological polar surface area (TPSA) is 79.3 Å². The minimum atomic E-state index is -3.64. The summed E-state index contributed by atoms with van der Waals surface area (Å²) in [5.74, 6) is -0.180. The zero-order valence-corrected chi connectivity index (χ0v) is 19.0. The van der Waals surface area contributed by atoms with Gasteiger partial charge < -0.3 is 4.74 Å². The van der Waals surface area contributed by atoms with Crippen molar-refractivity contribution in [1.29, 1.82) is 0 Å². The summed E-state index contributed by atoms with van der Waals surface area (Å²) in [6.07, 6.45) is 5.80. The highest BCUT2D eigenvalue weighted by atomic mass is 32.2. The average Bonchev–Trinajstić information content (AvgIpc) is 3.14. The minimum absolute atomic E-state index is 0.154. The van der Waals surface area contributed by atoms with Crippen molar-refractivity contribution in [3.8, 4) is 0 Å². The molecule has 164 valence electrons. The molecular weight excluding hydrogens is 422 g/mol. The van der Waals surface area contributed by atoms with Crippen molar-refractivity contribution in [2.24, 2.45) is 4.99 Å². The molecule has 0 bridgehead atoms. The molecule has 2 aliphatic heterocycles. The number of morpholine rings is 1. The molecule has 0 radical (unpaired) electrons. The van der Waals surface area contributed by atoms with Crippen LogP contribution in [-0.2, 0) is 14.8 Å². The highest BCUT2D eigenvalue weighted by Gasteiger charge is 2.33. The van der Waals surface area contributed by atoms with Crippen LogP contribution in [0.4, 0.5) is 0 Å². The lowest BCUT2D eigenvalue weighted by Crippen LogP contribution is -2.40. The zero-order valence-electron chi connectivity index (χ0n) is 17.3. The van der Waals surface area contributed by atoms with Crippen molar-refractivity contribution >= 4 is 32.9 Å². The standard InChI is InChI=1S/C21H29N3O4S2/c1-16-15-24(21(29-16)22-18-7-3-2-4-8-18)20(25)17-6-5-9-19(14-17)30(26,27)23-10-12-28-13-11-23/h5-6,9,14,16,18H,2-4,7-8,10-13,15H2,1H3/t16-/m0/s1. The molecule has 0 spiro atoms. The van der Waals surface area contributed by atoms with Gasteiger partial charge >= 0.3 is 0 Å². The molecule has 1 saturated carbocycles. The monoisotopic (exact) mass is 451 g/mol. The lowest BCUT2D eigenvalue weighted by molar-refractivity contribution is 0.0730. The number of nitrogens with zero attached hydrogens (tertiary/aromatic N) is 3. The molecule has 3 fully saturated rings. The van der Waals surface area contributed by atoms with E-state index in [2.05, 4.69) is 6.92 Å². The molecular formula is C21H29N3O4S2. The normalized spacial score (nSPS) is 25.7. The minimum Gasteiger partial charge on any atom is -0.379 e. The summed E-state index contributed by atoms with van der Waals surface area (Å²) in [6.45, 7) is 4.13. The molecule has 1 aromatic rings. The van der Waals surface area contributed by atoms with Crippen LogP contribution in [0.3, 0.4) is 0 Å². The maximum atomic E-state index is 13.3. The number of amidine groups is 1. The van der Waals surface area contributed by atoms with Gasteiger partial charge in [-0.3, -0.25) is 14.7 Å². The summed E-state index contributed by atoms with van der Waals surface area (Å²) in [6, 6.07) is 6.67. The molecule has 4 rings (SSSR count). The largest absolute Gasteiger partial charge is 0.379 e. The fraction of sp³-hybridized carbons (Fsp3) is 0.619. The van der Waals surface area contributed by atoms with Crippen molar-refractivity contribution in [2.75, 3.05) is 32.8 Å². The van der Waals surface area contributed by atoms with Crippen molar-refractivity contribution in [2.45, 2.75) is 55.2 Å². The van der Waals surface area contributed by atoms with Crippen molar-refractivity contribution in [3.63, 3.8) is 0 Å². The van der Waals surface area contributed by atoms with Gasteiger partial charge in [0.15, 0.2) is 5.17 Å². The number of benzene rings is 1. The van der Waals surface area contributed by atoms with Crippen LogP contribution in [0.5, 0.6) is 0 Å². The predicted molar refractivity (Wildman–Crippen MR) is 118 cm³/mol. The van der Waals surface area contributed by atoms with E-state index in [1.807, 2.05) is 0 Å². The van der Waals surface area contributed by atoms with Gasteiger partial charge in [0.2, 0.25) is 10.0 Å². The Morgan fingerprint density at radius 3 is 2.63 bits per heavy atom. The molecule has 0 N–H and O–H groups in total. The quantitative estimate of drug-likeness (QED) is 0.703. The average molecular weight is 452 g/mol. The van der Waals surface area contributed by atoms with Gasteiger partial charge in [-0.05, 0) is 31.0 Å². The number of rotatable bonds is 4. The number of aliphatic imine (C=N–C) groups is 1. The van der Waals surface area contributed by atoms with E-state index >= 15 is 0 Å². The van der Waals surface area contributed by atoms with Gasteiger partial charge in [0.1, 0.15) is 0 Å². The Kier molecular flexibility index (Phi) is 6.81. The molecule has 9 heteroatoms. The van der Waals surface area contributed by atoms with Gasteiger partial charge in [0.05, 0.1) is 24.2 Å². The van der Waals surface area contributed by atoms with E-state index in [1.54, 1.807) is 34.9 Å². The number of amides is 1. The molecule has 1 amide bonds. The lowest BCUT2D eigenvalue weighted by Gasteiger charge is -2.26. The number of sulfonamides is 1. The molecule has 1 aliphatic carbocycles. The smallest absolute Gasteiger partial charge is 0.259 e. The first-order chi connectivity index (χ1) is 14.4.